The van der Waals surface area contributed by atoms with Gasteiger partial charge in [-0.05, 0) is 31.0 Å². The van der Waals surface area contributed by atoms with E-state index in [4.69, 9.17) is 17.3 Å². The molecule has 112 valence electrons. The van der Waals surface area contributed by atoms with Crippen LogP contribution < -0.4 is 5.73 Å². The number of carbonyl (C=O) groups is 1. The third-order valence-electron chi connectivity index (χ3n) is 3.06. The highest BCUT2D eigenvalue weighted by atomic mass is 35.5. The first-order chi connectivity index (χ1) is 9.90. The maximum atomic E-state index is 11.9. The molecule has 0 saturated carbocycles. The zero-order chi connectivity index (χ0) is 15.6. The maximum absolute atomic E-state index is 11.9. The molecule has 0 spiro atoms. The summed E-state index contributed by atoms with van der Waals surface area (Å²) in [6, 6.07) is 7.36. The molecule has 6 heteroatoms. The van der Waals surface area contributed by atoms with Crippen molar-refractivity contribution in [1.82, 2.24) is 14.7 Å². The van der Waals surface area contributed by atoms with E-state index in [1.165, 1.54) is 4.90 Å². The Labute approximate surface area is 129 Å². The van der Waals surface area contributed by atoms with Gasteiger partial charge >= 0.3 is 0 Å². The summed E-state index contributed by atoms with van der Waals surface area (Å²) >= 11 is 6.30. The summed E-state index contributed by atoms with van der Waals surface area (Å²) in [5.41, 5.74) is 8.04. The molecule has 5 nitrogen and oxygen atoms in total. The normalized spacial score (nSPS) is 12.2. The quantitative estimate of drug-likeness (QED) is 0.941. The lowest BCUT2D eigenvalue weighted by molar-refractivity contribution is 0.0821. The minimum atomic E-state index is -0.144. The average molecular weight is 307 g/mol. The summed E-state index contributed by atoms with van der Waals surface area (Å²) in [4.78, 5) is 13.4. The lowest BCUT2D eigenvalue weighted by Crippen LogP contribution is -2.22. The molecule has 1 aromatic heterocycles. The van der Waals surface area contributed by atoms with E-state index in [1.807, 2.05) is 19.1 Å². The Bertz CT molecular complexity index is 649. The lowest BCUT2D eigenvalue weighted by atomic mass is 10.1. The van der Waals surface area contributed by atoms with Crippen molar-refractivity contribution in [2.75, 3.05) is 14.1 Å². The summed E-state index contributed by atoms with van der Waals surface area (Å²) in [7, 11) is 3.39. The largest absolute Gasteiger partial charge is 0.343 e. The molecule has 0 bridgehead atoms. The zero-order valence-corrected chi connectivity index (χ0v) is 13.1. The molecule has 0 saturated heterocycles. The first-order valence-electron chi connectivity index (χ1n) is 6.71. The molecule has 21 heavy (non-hydrogen) atoms. The summed E-state index contributed by atoms with van der Waals surface area (Å²) in [5, 5.41) is 4.91. The van der Waals surface area contributed by atoms with E-state index in [2.05, 4.69) is 5.10 Å². The van der Waals surface area contributed by atoms with Crippen LogP contribution in [-0.2, 0) is 6.42 Å². The zero-order valence-electron chi connectivity index (χ0n) is 12.4. The molecular formula is C15H19ClN4O. The molecule has 2 N–H and O–H groups in total. The molecule has 1 atom stereocenters. The number of rotatable bonds is 4. The Morgan fingerprint density at radius 1 is 1.43 bits per heavy atom. The number of hydrogen-bond donors (Lipinski definition) is 1. The molecule has 0 aliphatic carbocycles. The molecular weight excluding hydrogens is 288 g/mol. The van der Waals surface area contributed by atoms with Gasteiger partial charge < -0.3 is 10.6 Å². The van der Waals surface area contributed by atoms with Crippen molar-refractivity contribution >= 4 is 17.5 Å². The summed E-state index contributed by atoms with van der Waals surface area (Å²) in [5.74, 6) is -0.144. The Kier molecular flexibility index (Phi) is 4.65. The van der Waals surface area contributed by atoms with Gasteiger partial charge in [-0.2, -0.15) is 5.10 Å². The van der Waals surface area contributed by atoms with Crippen molar-refractivity contribution in [2.45, 2.75) is 19.4 Å². The van der Waals surface area contributed by atoms with Gasteiger partial charge in [0.05, 0.1) is 10.7 Å². The van der Waals surface area contributed by atoms with Crippen molar-refractivity contribution in [3.63, 3.8) is 0 Å². The third kappa shape index (κ3) is 3.43. The molecule has 0 fully saturated rings. The number of nitrogens with zero attached hydrogens (tertiary/aromatic N) is 3. The minimum Gasteiger partial charge on any atom is -0.343 e. The van der Waals surface area contributed by atoms with E-state index in [1.54, 1.807) is 37.1 Å². The minimum absolute atomic E-state index is 0.0145. The molecule has 0 aliphatic rings. The number of amides is 1. The van der Waals surface area contributed by atoms with Crippen molar-refractivity contribution in [3.05, 3.63) is 46.7 Å². The van der Waals surface area contributed by atoms with Gasteiger partial charge in [-0.1, -0.05) is 23.7 Å². The number of nitrogens with two attached hydrogens (primary N) is 1. The van der Waals surface area contributed by atoms with Crippen LogP contribution in [0.3, 0.4) is 0 Å². The lowest BCUT2D eigenvalue weighted by Gasteiger charge is -2.13. The van der Waals surface area contributed by atoms with Crippen LogP contribution in [0, 0.1) is 0 Å². The van der Waals surface area contributed by atoms with Gasteiger partial charge in [-0.15, -0.1) is 0 Å². The molecule has 2 aromatic rings. The molecule has 0 radical (unpaired) electrons. The Balaban J connectivity index is 2.45. The van der Waals surface area contributed by atoms with Crippen LogP contribution in [0.15, 0.2) is 30.5 Å². The van der Waals surface area contributed by atoms with Gasteiger partial charge in [-0.3, -0.25) is 4.79 Å². The fourth-order valence-electron chi connectivity index (χ4n) is 2.12. The highest BCUT2D eigenvalue weighted by Gasteiger charge is 2.15. The van der Waals surface area contributed by atoms with Crippen LogP contribution in [0.4, 0.5) is 0 Å². The molecule has 2 rings (SSSR count). The number of hydrogen-bond acceptors (Lipinski definition) is 3. The van der Waals surface area contributed by atoms with Crippen molar-refractivity contribution in [3.8, 4) is 5.69 Å². The van der Waals surface area contributed by atoms with E-state index in [0.717, 1.165) is 11.3 Å². The van der Waals surface area contributed by atoms with Crippen LogP contribution in [-0.4, -0.2) is 40.7 Å². The smallest absolute Gasteiger partial charge is 0.273 e. The van der Waals surface area contributed by atoms with E-state index in [-0.39, 0.29) is 11.9 Å². The van der Waals surface area contributed by atoms with Crippen molar-refractivity contribution in [2.24, 2.45) is 5.73 Å². The second kappa shape index (κ2) is 6.28. The van der Waals surface area contributed by atoms with Crippen LogP contribution >= 0.6 is 11.6 Å². The standard InChI is InChI=1S/C15H19ClN4O/c1-10(17)9-11-5-4-6-12(16)14(11)20-8-7-13(18-20)15(21)19(2)3/h4-8,10H,9,17H2,1-3H3. The van der Waals surface area contributed by atoms with Crippen LogP contribution in [0.1, 0.15) is 23.0 Å². The summed E-state index contributed by atoms with van der Waals surface area (Å²) < 4.78 is 1.64. The van der Waals surface area contributed by atoms with E-state index in [9.17, 15) is 4.79 Å². The Morgan fingerprint density at radius 3 is 2.76 bits per heavy atom. The van der Waals surface area contributed by atoms with E-state index < -0.39 is 0 Å². The van der Waals surface area contributed by atoms with E-state index in [0.29, 0.717) is 17.1 Å². The van der Waals surface area contributed by atoms with Gasteiger partial charge in [-0.25, -0.2) is 4.68 Å². The first kappa shape index (κ1) is 15.5. The fourth-order valence-corrected chi connectivity index (χ4v) is 2.40. The second-order valence-corrected chi connectivity index (χ2v) is 5.68. The van der Waals surface area contributed by atoms with Gasteiger partial charge in [0.15, 0.2) is 5.69 Å². The van der Waals surface area contributed by atoms with Crippen molar-refractivity contribution in [1.29, 1.82) is 0 Å². The predicted molar refractivity (Wildman–Crippen MR) is 83.9 cm³/mol. The number of para-hydroxylation sites is 1. The predicted octanol–water partition coefficient (Wildman–Crippen LogP) is 2.12. The van der Waals surface area contributed by atoms with Crippen LogP contribution in [0.2, 0.25) is 5.02 Å². The molecule has 1 heterocycles. The first-order valence-corrected chi connectivity index (χ1v) is 7.08. The van der Waals surface area contributed by atoms with Gasteiger partial charge in [0.2, 0.25) is 0 Å². The Morgan fingerprint density at radius 2 is 2.14 bits per heavy atom. The average Bonchev–Trinajstić information content (AvgIpc) is 2.86. The second-order valence-electron chi connectivity index (χ2n) is 5.27. The number of aromatic nitrogens is 2. The number of halogens is 1. The van der Waals surface area contributed by atoms with Gasteiger partial charge in [0.25, 0.3) is 5.91 Å². The van der Waals surface area contributed by atoms with E-state index >= 15 is 0 Å². The molecule has 0 aliphatic heterocycles. The van der Waals surface area contributed by atoms with Crippen LogP contribution in [0.25, 0.3) is 5.69 Å². The number of carbonyl (C=O) groups excluding carboxylic acids is 1. The Hall–Kier alpha value is -1.85. The SMILES string of the molecule is CC(N)Cc1cccc(Cl)c1-n1ccc(C(=O)N(C)C)n1. The topological polar surface area (TPSA) is 64.2 Å². The number of benzene rings is 1. The molecule has 1 amide bonds. The fraction of sp³-hybridized carbons (Fsp3) is 0.333. The third-order valence-corrected chi connectivity index (χ3v) is 3.36. The molecule has 1 unspecified atom stereocenters. The maximum Gasteiger partial charge on any atom is 0.273 e. The van der Waals surface area contributed by atoms with Gasteiger partial charge in [0, 0.05) is 26.3 Å². The van der Waals surface area contributed by atoms with Crippen LogP contribution in [0.5, 0.6) is 0 Å². The highest BCUT2D eigenvalue weighted by Crippen LogP contribution is 2.25. The summed E-state index contributed by atoms with van der Waals surface area (Å²) in [6.07, 6.45) is 2.43. The van der Waals surface area contributed by atoms with Gasteiger partial charge in [0.1, 0.15) is 0 Å². The highest BCUT2D eigenvalue weighted by molar-refractivity contribution is 6.32. The molecule has 1 aromatic carbocycles. The van der Waals surface area contributed by atoms with Crippen molar-refractivity contribution < 1.29 is 4.79 Å². The summed E-state index contributed by atoms with van der Waals surface area (Å²) in [6.45, 7) is 1.94. The monoisotopic (exact) mass is 306 g/mol.